The molecule has 0 aliphatic heterocycles. The van der Waals surface area contributed by atoms with E-state index in [2.05, 4.69) is 59.5 Å². The smallest absolute Gasteiger partial charge is 0.319 e. The number of phenolic OH excluding ortho intramolecular Hbond substituents is 1. The summed E-state index contributed by atoms with van der Waals surface area (Å²) in [6.45, 7) is 9.35. The predicted molar refractivity (Wildman–Crippen MR) is 113 cm³/mol. The molecule has 0 bridgehead atoms. The van der Waals surface area contributed by atoms with Crippen LogP contribution in [0.25, 0.3) is 0 Å². The Kier molecular flexibility index (Phi) is 7.13. The van der Waals surface area contributed by atoms with E-state index in [9.17, 15) is 9.90 Å². The van der Waals surface area contributed by atoms with Gasteiger partial charge in [-0.2, -0.15) is 0 Å². The van der Waals surface area contributed by atoms with Gasteiger partial charge in [0.15, 0.2) is 0 Å². The van der Waals surface area contributed by atoms with Gasteiger partial charge < -0.3 is 20.5 Å². The number of hydrogen-bond donors (Lipinski definition) is 3. The van der Waals surface area contributed by atoms with E-state index in [1.54, 1.807) is 18.2 Å². The Balaban J connectivity index is 1.73. The van der Waals surface area contributed by atoms with Crippen LogP contribution in [0, 0.1) is 6.92 Å². The number of urea groups is 1. The zero-order valence-corrected chi connectivity index (χ0v) is 17.8. The molecule has 0 aliphatic rings. The summed E-state index contributed by atoms with van der Waals surface area (Å²) in [5.74, 6) is 0.976. The second-order valence-electron chi connectivity index (χ2n) is 7.48. The van der Waals surface area contributed by atoms with Crippen molar-refractivity contribution < 1.29 is 14.6 Å². The third kappa shape index (κ3) is 6.47. The number of rotatable bonds is 6. The van der Waals surface area contributed by atoms with Gasteiger partial charge in [0.1, 0.15) is 11.5 Å². The maximum Gasteiger partial charge on any atom is 0.319 e. The molecule has 6 heteroatoms. The monoisotopic (exact) mass is 434 g/mol. The highest BCUT2D eigenvalue weighted by atomic mass is 79.9. The molecule has 2 rings (SSSR count). The Bertz CT molecular complexity index is 800. The molecule has 146 valence electrons. The van der Waals surface area contributed by atoms with Gasteiger partial charge >= 0.3 is 6.03 Å². The Morgan fingerprint density at radius 2 is 1.93 bits per heavy atom. The lowest BCUT2D eigenvalue weighted by molar-refractivity contribution is 0.250. The summed E-state index contributed by atoms with van der Waals surface area (Å²) in [4.78, 5) is 11.9. The van der Waals surface area contributed by atoms with E-state index < -0.39 is 0 Å². The first-order chi connectivity index (χ1) is 12.7. The van der Waals surface area contributed by atoms with Crippen molar-refractivity contribution in [1.82, 2.24) is 5.32 Å². The normalized spacial score (nSPS) is 11.1. The molecule has 0 atom stereocenters. The predicted octanol–water partition coefficient (Wildman–Crippen LogP) is 5.35. The van der Waals surface area contributed by atoms with Gasteiger partial charge in [-0.25, -0.2) is 4.79 Å². The fourth-order valence-electron chi connectivity index (χ4n) is 2.50. The fraction of sp³-hybridized carbons (Fsp3) is 0.381. The van der Waals surface area contributed by atoms with Gasteiger partial charge in [-0.1, -0.05) is 26.8 Å². The molecule has 0 spiro atoms. The van der Waals surface area contributed by atoms with Crippen LogP contribution < -0.4 is 15.4 Å². The maximum absolute atomic E-state index is 11.9. The number of hydrogen-bond acceptors (Lipinski definition) is 3. The standard InChI is InChI=1S/C21H27BrN2O3/c1-14-12-16(25)7-8-18(14)24-20(26)23-10-5-11-27-19-9-6-15(13-17(19)22)21(2,3)4/h6-9,12-13,25H,5,10-11H2,1-4H3,(H2,23,24,26). The van der Waals surface area contributed by atoms with Crippen LogP contribution in [0.3, 0.4) is 0 Å². The summed E-state index contributed by atoms with van der Waals surface area (Å²) in [6, 6.07) is 10.7. The highest BCUT2D eigenvalue weighted by Gasteiger charge is 2.15. The van der Waals surface area contributed by atoms with Gasteiger partial charge in [0.25, 0.3) is 0 Å². The van der Waals surface area contributed by atoms with Crippen LogP contribution in [0.1, 0.15) is 38.3 Å². The van der Waals surface area contributed by atoms with Crippen LogP contribution in [0.15, 0.2) is 40.9 Å². The van der Waals surface area contributed by atoms with Crippen LogP contribution in [-0.4, -0.2) is 24.3 Å². The molecule has 0 saturated heterocycles. The van der Waals surface area contributed by atoms with Gasteiger partial charge in [-0.15, -0.1) is 0 Å². The molecule has 0 saturated carbocycles. The Morgan fingerprint density at radius 3 is 2.56 bits per heavy atom. The summed E-state index contributed by atoms with van der Waals surface area (Å²) in [5, 5.41) is 15.0. The zero-order valence-electron chi connectivity index (χ0n) is 16.2. The second-order valence-corrected chi connectivity index (χ2v) is 8.33. The number of ether oxygens (including phenoxy) is 1. The number of aromatic hydroxyl groups is 1. The van der Waals surface area contributed by atoms with Crippen molar-refractivity contribution in [3.05, 3.63) is 52.0 Å². The van der Waals surface area contributed by atoms with Crippen LogP contribution in [0.4, 0.5) is 10.5 Å². The number of phenols is 1. The molecule has 5 nitrogen and oxygen atoms in total. The lowest BCUT2D eigenvalue weighted by Crippen LogP contribution is -2.30. The van der Waals surface area contributed by atoms with Crippen LogP contribution in [-0.2, 0) is 5.41 Å². The van der Waals surface area contributed by atoms with E-state index in [1.807, 2.05) is 13.0 Å². The van der Waals surface area contributed by atoms with Crippen molar-refractivity contribution in [2.45, 2.75) is 39.5 Å². The van der Waals surface area contributed by atoms with Crippen molar-refractivity contribution in [3.8, 4) is 11.5 Å². The second kappa shape index (κ2) is 9.13. The van der Waals surface area contributed by atoms with Crippen molar-refractivity contribution in [2.75, 3.05) is 18.5 Å². The lowest BCUT2D eigenvalue weighted by atomic mass is 9.87. The molecule has 2 aromatic rings. The van der Waals surface area contributed by atoms with Gasteiger partial charge in [-0.3, -0.25) is 0 Å². The van der Waals surface area contributed by atoms with Crippen molar-refractivity contribution in [2.24, 2.45) is 0 Å². The molecule has 3 N–H and O–H groups in total. The lowest BCUT2D eigenvalue weighted by Gasteiger charge is -2.20. The third-order valence-corrected chi connectivity index (χ3v) is 4.74. The van der Waals surface area contributed by atoms with Gasteiger partial charge in [0.05, 0.1) is 11.1 Å². The van der Waals surface area contributed by atoms with E-state index in [0.717, 1.165) is 15.8 Å². The van der Waals surface area contributed by atoms with E-state index in [-0.39, 0.29) is 17.2 Å². The van der Waals surface area contributed by atoms with Gasteiger partial charge in [-0.05, 0) is 76.1 Å². The first kappa shape index (κ1) is 21.1. The van der Waals surface area contributed by atoms with E-state index in [1.165, 1.54) is 5.56 Å². The molecule has 2 amide bonds. The van der Waals surface area contributed by atoms with Crippen molar-refractivity contribution >= 4 is 27.6 Å². The van der Waals surface area contributed by atoms with E-state index >= 15 is 0 Å². The summed E-state index contributed by atoms with van der Waals surface area (Å²) in [7, 11) is 0. The average molecular weight is 435 g/mol. The van der Waals surface area contributed by atoms with Crippen molar-refractivity contribution in [1.29, 1.82) is 0 Å². The Hall–Kier alpha value is -2.21. The number of amides is 2. The molecule has 0 fully saturated rings. The number of aryl methyl sites for hydroxylation is 1. The Morgan fingerprint density at radius 1 is 1.19 bits per heavy atom. The minimum absolute atomic E-state index is 0.0915. The van der Waals surface area contributed by atoms with Crippen LogP contribution >= 0.6 is 15.9 Å². The molecule has 2 aromatic carbocycles. The molecule has 0 aromatic heterocycles. The number of benzene rings is 2. The average Bonchev–Trinajstić information content (AvgIpc) is 2.57. The quantitative estimate of drug-likeness (QED) is 0.423. The number of nitrogens with one attached hydrogen (secondary N) is 2. The summed E-state index contributed by atoms with van der Waals surface area (Å²) < 4.78 is 6.72. The molecule has 0 unspecified atom stereocenters. The number of carbonyl (C=O) groups excluding carboxylic acids is 1. The SMILES string of the molecule is Cc1cc(O)ccc1NC(=O)NCCCOc1ccc(C(C)(C)C)cc1Br. The highest BCUT2D eigenvalue weighted by molar-refractivity contribution is 9.10. The highest BCUT2D eigenvalue weighted by Crippen LogP contribution is 2.31. The molecule has 0 heterocycles. The largest absolute Gasteiger partial charge is 0.508 e. The number of anilines is 1. The van der Waals surface area contributed by atoms with Crippen LogP contribution in [0.2, 0.25) is 0 Å². The third-order valence-electron chi connectivity index (χ3n) is 4.12. The van der Waals surface area contributed by atoms with E-state index in [4.69, 9.17) is 4.74 Å². The minimum atomic E-state index is -0.278. The minimum Gasteiger partial charge on any atom is -0.508 e. The van der Waals surface area contributed by atoms with Gasteiger partial charge in [0, 0.05) is 12.2 Å². The molecule has 0 aliphatic carbocycles. The first-order valence-electron chi connectivity index (χ1n) is 8.94. The summed E-state index contributed by atoms with van der Waals surface area (Å²) >= 11 is 3.56. The molecule has 0 radical (unpaired) electrons. The molecule has 27 heavy (non-hydrogen) atoms. The maximum atomic E-state index is 11.9. The van der Waals surface area contributed by atoms with Gasteiger partial charge in [0.2, 0.25) is 0 Å². The molecular weight excluding hydrogens is 408 g/mol. The van der Waals surface area contributed by atoms with Crippen molar-refractivity contribution in [3.63, 3.8) is 0 Å². The number of carbonyl (C=O) groups is 1. The molecular formula is C21H27BrN2O3. The van der Waals surface area contributed by atoms with Crippen LogP contribution in [0.5, 0.6) is 11.5 Å². The summed E-state index contributed by atoms with van der Waals surface area (Å²) in [6.07, 6.45) is 0.690. The van der Waals surface area contributed by atoms with E-state index in [0.29, 0.717) is 25.3 Å². The first-order valence-corrected chi connectivity index (χ1v) is 9.73. The topological polar surface area (TPSA) is 70.6 Å². The number of halogens is 1. The Labute approximate surface area is 169 Å². The zero-order chi connectivity index (χ0) is 20.0. The summed E-state index contributed by atoms with van der Waals surface area (Å²) in [5.41, 5.74) is 2.81. The fourth-order valence-corrected chi connectivity index (χ4v) is 2.99.